The number of carbonyl (C=O) groups excluding carboxylic acids is 1. The van der Waals surface area contributed by atoms with Gasteiger partial charge >= 0.3 is 0 Å². The number of anilines is 1. The van der Waals surface area contributed by atoms with Crippen molar-refractivity contribution in [1.29, 1.82) is 0 Å². The molecule has 0 fully saturated rings. The van der Waals surface area contributed by atoms with Gasteiger partial charge in [0.2, 0.25) is 15.9 Å². The van der Waals surface area contributed by atoms with Crippen LogP contribution < -0.4 is 10.5 Å². The van der Waals surface area contributed by atoms with Gasteiger partial charge in [-0.2, -0.15) is 0 Å². The molecule has 1 amide bonds. The Morgan fingerprint density at radius 3 is 2.24 bits per heavy atom. The molecule has 3 N–H and O–H groups in total. The summed E-state index contributed by atoms with van der Waals surface area (Å²) in [5.41, 5.74) is 1.23. The lowest BCUT2D eigenvalue weighted by atomic mass is 10.2. The normalized spacial score (nSPS) is 11.5. The zero-order chi connectivity index (χ0) is 13.1. The first-order valence-corrected chi connectivity index (χ1v) is 6.90. The number of nitrogens with two attached hydrogens (primary N) is 1. The first-order valence-electron chi connectivity index (χ1n) is 5.18. The van der Waals surface area contributed by atoms with E-state index in [1.807, 2.05) is 0 Å². The van der Waals surface area contributed by atoms with Crippen molar-refractivity contribution in [2.24, 2.45) is 11.1 Å². The smallest absolute Gasteiger partial charge is 0.226 e. The number of rotatable bonds is 4. The summed E-state index contributed by atoms with van der Waals surface area (Å²) in [5, 5.41) is 7.64. The third-order valence-corrected chi connectivity index (χ3v) is 2.85. The SMILES string of the molecule is CC(C)C(=O)Nc1ccc(CS(N)(=O)=O)cc1. The molecule has 0 unspecified atom stereocenters. The molecule has 0 atom stereocenters. The highest BCUT2D eigenvalue weighted by atomic mass is 32.2. The minimum absolute atomic E-state index is 0.0794. The minimum atomic E-state index is -3.51. The summed E-state index contributed by atoms with van der Waals surface area (Å²) in [5.74, 6) is -0.380. The largest absolute Gasteiger partial charge is 0.326 e. The maximum absolute atomic E-state index is 11.4. The summed E-state index contributed by atoms with van der Waals surface area (Å²) in [6, 6.07) is 6.56. The van der Waals surface area contributed by atoms with Gasteiger partial charge in [0, 0.05) is 11.6 Å². The number of sulfonamides is 1. The Balaban J connectivity index is 2.72. The highest BCUT2D eigenvalue weighted by molar-refractivity contribution is 7.88. The molecule has 0 aliphatic carbocycles. The van der Waals surface area contributed by atoms with Gasteiger partial charge in [-0.3, -0.25) is 4.79 Å². The van der Waals surface area contributed by atoms with Crippen molar-refractivity contribution in [3.05, 3.63) is 29.8 Å². The number of hydrogen-bond acceptors (Lipinski definition) is 3. The molecule has 0 aliphatic rings. The number of primary sulfonamides is 1. The fourth-order valence-corrected chi connectivity index (χ4v) is 1.86. The van der Waals surface area contributed by atoms with E-state index in [-0.39, 0.29) is 17.6 Å². The van der Waals surface area contributed by atoms with Crippen molar-refractivity contribution in [1.82, 2.24) is 0 Å². The molecule has 0 aliphatic heterocycles. The summed E-state index contributed by atoms with van der Waals surface area (Å²) >= 11 is 0. The fourth-order valence-electron chi connectivity index (χ4n) is 1.20. The molecular weight excluding hydrogens is 240 g/mol. The van der Waals surface area contributed by atoms with E-state index in [4.69, 9.17) is 5.14 Å². The van der Waals surface area contributed by atoms with Crippen LogP contribution in [0.15, 0.2) is 24.3 Å². The van der Waals surface area contributed by atoms with Crippen LogP contribution >= 0.6 is 0 Å². The molecule has 6 heteroatoms. The van der Waals surface area contributed by atoms with Crippen LogP contribution in [0.5, 0.6) is 0 Å². The molecular formula is C11H16N2O3S. The highest BCUT2D eigenvalue weighted by Crippen LogP contribution is 2.12. The third kappa shape index (κ3) is 4.97. The van der Waals surface area contributed by atoms with E-state index in [0.29, 0.717) is 11.3 Å². The van der Waals surface area contributed by atoms with Crippen LogP contribution in [0.2, 0.25) is 0 Å². The van der Waals surface area contributed by atoms with Crippen LogP contribution in [-0.2, 0) is 20.6 Å². The number of nitrogens with one attached hydrogen (secondary N) is 1. The maximum atomic E-state index is 11.4. The van der Waals surface area contributed by atoms with E-state index in [9.17, 15) is 13.2 Å². The summed E-state index contributed by atoms with van der Waals surface area (Å²) in [4.78, 5) is 11.4. The number of amides is 1. The van der Waals surface area contributed by atoms with Gasteiger partial charge in [0.25, 0.3) is 0 Å². The second-order valence-corrected chi connectivity index (χ2v) is 5.76. The van der Waals surface area contributed by atoms with E-state index in [0.717, 1.165) is 0 Å². The molecule has 1 rings (SSSR count). The quantitative estimate of drug-likeness (QED) is 0.844. The third-order valence-electron chi connectivity index (χ3n) is 2.11. The Morgan fingerprint density at radius 1 is 1.29 bits per heavy atom. The second-order valence-electron chi connectivity index (χ2n) is 4.15. The first kappa shape index (κ1) is 13.7. The van der Waals surface area contributed by atoms with Gasteiger partial charge in [-0.15, -0.1) is 0 Å². The predicted octanol–water partition coefficient (Wildman–Crippen LogP) is 1.07. The van der Waals surface area contributed by atoms with E-state index in [2.05, 4.69) is 5.32 Å². The van der Waals surface area contributed by atoms with Gasteiger partial charge in [-0.25, -0.2) is 13.6 Å². The van der Waals surface area contributed by atoms with Gasteiger partial charge in [-0.05, 0) is 17.7 Å². The fraction of sp³-hybridized carbons (Fsp3) is 0.364. The Labute approximate surface area is 101 Å². The van der Waals surface area contributed by atoms with Crippen LogP contribution in [0, 0.1) is 5.92 Å². The number of benzene rings is 1. The molecule has 17 heavy (non-hydrogen) atoms. The van der Waals surface area contributed by atoms with Crippen molar-refractivity contribution in [2.75, 3.05) is 5.32 Å². The topological polar surface area (TPSA) is 89.3 Å². The van der Waals surface area contributed by atoms with Gasteiger partial charge in [0.1, 0.15) is 0 Å². The Bertz CT molecular complexity index is 492. The maximum Gasteiger partial charge on any atom is 0.226 e. The van der Waals surface area contributed by atoms with E-state index in [1.165, 1.54) is 0 Å². The molecule has 0 spiro atoms. The lowest BCUT2D eigenvalue weighted by molar-refractivity contribution is -0.118. The van der Waals surface area contributed by atoms with Crippen molar-refractivity contribution >= 4 is 21.6 Å². The van der Waals surface area contributed by atoms with Gasteiger partial charge in [0.15, 0.2) is 0 Å². The molecule has 1 aromatic carbocycles. The summed E-state index contributed by atoms with van der Waals surface area (Å²) < 4.78 is 21.7. The van der Waals surface area contributed by atoms with Crippen molar-refractivity contribution < 1.29 is 13.2 Å². The second kappa shape index (κ2) is 5.29. The first-order chi connectivity index (χ1) is 7.78. The van der Waals surface area contributed by atoms with Crippen molar-refractivity contribution in [3.8, 4) is 0 Å². The molecule has 0 saturated carbocycles. The van der Waals surface area contributed by atoms with Crippen LogP contribution in [0.4, 0.5) is 5.69 Å². The van der Waals surface area contributed by atoms with E-state index in [1.54, 1.807) is 38.1 Å². The summed E-state index contributed by atoms with van der Waals surface area (Å²) in [6.07, 6.45) is 0. The average Bonchev–Trinajstić information content (AvgIpc) is 2.18. The Morgan fingerprint density at radius 2 is 1.82 bits per heavy atom. The van der Waals surface area contributed by atoms with E-state index < -0.39 is 10.0 Å². The van der Waals surface area contributed by atoms with Crippen molar-refractivity contribution in [2.45, 2.75) is 19.6 Å². The molecule has 0 aromatic heterocycles. The highest BCUT2D eigenvalue weighted by Gasteiger charge is 2.08. The Kier molecular flexibility index (Phi) is 4.25. The zero-order valence-electron chi connectivity index (χ0n) is 9.80. The summed E-state index contributed by atoms with van der Waals surface area (Å²) in [7, 11) is -3.51. The average molecular weight is 256 g/mol. The Hall–Kier alpha value is -1.40. The molecule has 0 heterocycles. The van der Waals surface area contributed by atoms with Crippen molar-refractivity contribution in [3.63, 3.8) is 0 Å². The zero-order valence-corrected chi connectivity index (χ0v) is 10.6. The lowest BCUT2D eigenvalue weighted by Gasteiger charge is -2.08. The molecule has 5 nitrogen and oxygen atoms in total. The van der Waals surface area contributed by atoms with Crippen LogP contribution in [0.1, 0.15) is 19.4 Å². The van der Waals surface area contributed by atoms with E-state index >= 15 is 0 Å². The van der Waals surface area contributed by atoms with Crippen LogP contribution in [0.25, 0.3) is 0 Å². The molecule has 1 aromatic rings. The molecule has 94 valence electrons. The molecule has 0 bridgehead atoms. The van der Waals surface area contributed by atoms with Crippen LogP contribution in [0.3, 0.4) is 0 Å². The standard InChI is InChI=1S/C11H16N2O3S/c1-8(2)11(14)13-10-5-3-9(4-6-10)7-17(12,15)16/h3-6,8H,7H2,1-2H3,(H,13,14)(H2,12,15,16). The summed E-state index contributed by atoms with van der Waals surface area (Å²) in [6.45, 7) is 3.59. The minimum Gasteiger partial charge on any atom is -0.326 e. The molecule has 0 radical (unpaired) electrons. The van der Waals surface area contributed by atoms with Gasteiger partial charge in [0.05, 0.1) is 5.75 Å². The predicted molar refractivity (Wildman–Crippen MR) is 66.7 cm³/mol. The van der Waals surface area contributed by atoms with Crippen LogP contribution in [-0.4, -0.2) is 14.3 Å². The number of carbonyl (C=O) groups is 1. The molecule has 0 saturated heterocycles. The van der Waals surface area contributed by atoms with Gasteiger partial charge < -0.3 is 5.32 Å². The lowest BCUT2D eigenvalue weighted by Crippen LogP contribution is -2.18. The monoisotopic (exact) mass is 256 g/mol. The van der Waals surface area contributed by atoms with Gasteiger partial charge in [-0.1, -0.05) is 26.0 Å². The number of hydrogen-bond donors (Lipinski definition) is 2.